The van der Waals surface area contributed by atoms with Gasteiger partial charge >= 0.3 is 5.97 Å². The first-order valence-electron chi connectivity index (χ1n) is 31.9. The van der Waals surface area contributed by atoms with Crippen molar-refractivity contribution in [3.05, 3.63) is 315 Å². The van der Waals surface area contributed by atoms with E-state index in [4.69, 9.17) is 4.74 Å². The molecule has 2 aliphatic rings. The summed E-state index contributed by atoms with van der Waals surface area (Å²) in [5.41, 5.74) is 15.1. The summed E-state index contributed by atoms with van der Waals surface area (Å²) < 4.78 is 5.93. The molecule has 1 aromatic heterocycles. The summed E-state index contributed by atoms with van der Waals surface area (Å²) in [6.45, 7) is 19.0. The van der Waals surface area contributed by atoms with Crippen LogP contribution in [0.4, 0.5) is 5.69 Å². The van der Waals surface area contributed by atoms with Crippen LogP contribution in [0, 0.1) is 6.92 Å². The second-order valence-electron chi connectivity index (χ2n) is 22.8. The van der Waals surface area contributed by atoms with Gasteiger partial charge in [-0.1, -0.05) is 254 Å². The summed E-state index contributed by atoms with van der Waals surface area (Å²) in [5.74, 6) is -0.170. The van der Waals surface area contributed by atoms with E-state index in [0.717, 1.165) is 77.7 Å². The van der Waals surface area contributed by atoms with Gasteiger partial charge < -0.3 is 14.9 Å². The first-order chi connectivity index (χ1) is 44.4. The number of aromatic nitrogens is 1. The van der Waals surface area contributed by atoms with Crippen molar-refractivity contribution < 1.29 is 19.7 Å². The lowest BCUT2D eigenvalue weighted by molar-refractivity contribution is -0.268. The summed E-state index contributed by atoms with van der Waals surface area (Å²) in [5, 5.41) is 35.3. The first-order valence-corrected chi connectivity index (χ1v) is 31.9. The molecule has 6 heteroatoms. The molecule has 0 saturated heterocycles. The quantitative estimate of drug-likeness (QED) is 0.153. The number of para-hydroxylation sites is 2. The Balaban J connectivity index is 0.000000124. The van der Waals surface area contributed by atoms with Crippen LogP contribution in [0.15, 0.2) is 254 Å². The number of aryl methyl sites for hydroxylation is 6. The molecule has 0 fully saturated rings. The number of pyridine rings is 1. The molecule has 0 saturated carbocycles. The topological polar surface area (TPSA) is 94.8 Å². The Morgan fingerprint density at radius 2 is 1.05 bits per heavy atom. The number of rotatable bonds is 8. The van der Waals surface area contributed by atoms with Gasteiger partial charge in [0.2, 0.25) is 0 Å². The van der Waals surface area contributed by atoms with Crippen LogP contribution in [0.5, 0.6) is 17.2 Å². The van der Waals surface area contributed by atoms with Crippen molar-refractivity contribution in [3.63, 3.8) is 0 Å². The summed E-state index contributed by atoms with van der Waals surface area (Å²) in [7, 11) is 0. The normalized spacial score (nSPS) is 11.5. The molecule has 0 radical (unpaired) electrons. The van der Waals surface area contributed by atoms with E-state index in [2.05, 4.69) is 234 Å². The molecule has 3 heterocycles. The van der Waals surface area contributed by atoms with E-state index in [1.807, 2.05) is 49.4 Å². The van der Waals surface area contributed by atoms with Crippen molar-refractivity contribution in [2.45, 2.75) is 93.4 Å². The monoisotopic (exact) mass is 1190 g/mol. The number of hydrogen-bond donors (Lipinski definition) is 1. The fourth-order valence-electron chi connectivity index (χ4n) is 12.0. The lowest BCUT2D eigenvalue weighted by Gasteiger charge is -2.23. The molecule has 0 bridgehead atoms. The van der Waals surface area contributed by atoms with Crippen molar-refractivity contribution in [2.75, 3.05) is 0 Å². The van der Waals surface area contributed by atoms with Crippen LogP contribution in [0.3, 0.4) is 0 Å². The van der Waals surface area contributed by atoms with Gasteiger partial charge in [0.1, 0.15) is 11.5 Å². The zero-order valence-corrected chi connectivity index (χ0v) is 53.4. The van der Waals surface area contributed by atoms with Gasteiger partial charge in [-0.15, -0.1) is 5.75 Å². The van der Waals surface area contributed by atoms with E-state index in [9.17, 15) is 15.0 Å². The van der Waals surface area contributed by atoms with Crippen LogP contribution < -0.4 is 20.3 Å². The smallest absolute Gasteiger partial charge is 0.336 e. The molecule has 0 unspecified atom stereocenters. The molecule has 0 atom stereocenters. The van der Waals surface area contributed by atoms with Crippen LogP contribution in [0.1, 0.15) is 109 Å². The van der Waals surface area contributed by atoms with E-state index in [1.165, 1.54) is 99.8 Å². The highest BCUT2D eigenvalue weighted by Gasteiger charge is 2.24. The lowest BCUT2D eigenvalue weighted by Crippen LogP contribution is -2.21. The number of aromatic carboxylic acids is 1. The summed E-state index contributed by atoms with van der Waals surface area (Å²) >= 11 is 0. The molecule has 13 aromatic rings. The molecular weight excluding hydrogens is 1110 g/mol. The third kappa shape index (κ3) is 15.2. The minimum atomic E-state index is -0.989. The van der Waals surface area contributed by atoms with Gasteiger partial charge in [-0.05, 0) is 175 Å². The minimum absolute atomic E-state index is 0.165. The second-order valence-corrected chi connectivity index (χ2v) is 22.8. The van der Waals surface area contributed by atoms with E-state index in [1.54, 1.807) is 18.2 Å². The van der Waals surface area contributed by atoms with Crippen LogP contribution in [0.2, 0.25) is 0 Å². The largest absolute Gasteiger partial charge is 0.872 e. The molecular formula is C85H79N2O4-. The number of carboxylic acid groups (broad SMARTS) is 1. The Morgan fingerprint density at radius 1 is 0.484 bits per heavy atom. The zero-order chi connectivity index (χ0) is 63.8. The number of aliphatic imine (C=N–C) groups is 1. The van der Waals surface area contributed by atoms with Crippen molar-refractivity contribution in [1.29, 1.82) is 0 Å². The lowest BCUT2D eigenvalue weighted by atomic mass is 9.88. The highest BCUT2D eigenvalue weighted by atomic mass is 16.5. The van der Waals surface area contributed by atoms with Gasteiger partial charge in [0.05, 0.1) is 16.8 Å². The Morgan fingerprint density at radius 3 is 1.71 bits per heavy atom. The number of nitrogens with zero attached hydrogens (tertiary/aromatic N) is 2. The maximum Gasteiger partial charge on any atom is 0.336 e. The van der Waals surface area contributed by atoms with Crippen molar-refractivity contribution >= 4 is 83.5 Å². The summed E-state index contributed by atoms with van der Waals surface area (Å²) in [6, 6.07) is 84.0. The number of benzene rings is 12. The zero-order valence-electron chi connectivity index (χ0n) is 53.4. The highest BCUT2D eigenvalue weighted by Crippen LogP contribution is 2.39. The summed E-state index contributed by atoms with van der Waals surface area (Å²) in [6.07, 6.45) is 7.21. The SMILES string of the molecule is C=c1ccc2c(c1)Oc1cc([O-])ccc1C=2c1ccc(CC)cc1C(=O)O.CCC1=Nc2ccccc2C1.CCc1c(C)ccc2ccccc12.CCc1c2ccccc2cc2ccccc12.CCc1ccc2ccccc2c1.CCc1ccc2ccccc2n1. The van der Waals surface area contributed by atoms with Crippen LogP contribution in [-0.4, -0.2) is 21.8 Å². The standard InChI is InChI=1S/C23H18O4.C16H14.C13H14.C12H12.C11H11N.C10H11N/c1-3-14-5-8-16(19(11-14)23(25)26)22-17-7-4-13(2)10-20(17)27-21-12-15(24)6-9-18(21)22;1-2-14-15-9-5-3-7-12(15)11-13-8-4-6-10-16(13)14;1-3-12-10(2)8-9-11-6-4-5-7-13(11)12;1-2-10-7-8-11-5-3-4-6-12(11)9-10;1-2-10-8-7-9-5-3-4-6-11(9)12-10;1-2-9-7-8-5-3-4-6-10(8)11-9/h4-12,24H,2-3H2,1H3,(H,25,26);3-11H,2H2,1H3;4-9H,3H2,1-2H3;3-9H,2H2,1H3;3-8H,2H2,1H3;3-6H,2,7H2,1H3/p-1. The van der Waals surface area contributed by atoms with Crippen molar-refractivity contribution in [1.82, 2.24) is 4.98 Å². The van der Waals surface area contributed by atoms with Gasteiger partial charge in [-0.3, -0.25) is 9.98 Å². The first kappa shape index (κ1) is 63.6. The number of hydrogen-bond acceptors (Lipinski definition) is 5. The Hall–Kier alpha value is -10.4. The van der Waals surface area contributed by atoms with Crippen LogP contribution in [-0.2, 0) is 38.5 Å². The van der Waals surface area contributed by atoms with E-state index >= 15 is 0 Å². The third-order valence-corrected chi connectivity index (χ3v) is 16.9. The molecule has 91 heavy (non-hydrogen) atoms. The average Bonchev–Trinajstić information content (AvgIpc) is 1.13. The van der Waals surface area contributed by atoms with Crippen molar-refractivity contribution in [2.24, 2.45) is 4.99 Å². The fraction of sp³-hybridized carbons (Fsp3) is 0.165. The van der Waals surface area contributed by atoms with E-state index in [0.29, 0.717) is 22.6 Å². The van der Waals surface area contributed by atoms with Crippen LogP contribution in [0.25, 0.3) is 66.1 Å². The third-order valence-electron chi connectivity index (χ3n) is 16.9. The molecule has 1 N–H and O–H groups in total. The van der Waals surface area contributed by atoms with E-state index in [-0.39, 0.29) is 11.3 Å². The number of carbonyl (C=O) groups is 1. The Labute approximate surface area is 535 Å². The maximum absolute atomic E-state index is 12.0. The molecule has 6 nitrogen and oxygen atoms in total. The van der Waals surface area contributed by atoms with Crippen molar-refractivity contribution in [3.8, 4) is 17.2 Å². The second kappa shape index (κ2) is 30.2. The molecule has 0 amide bonds. The van der Waals surface area contributed by atoms with Gasteiger partial charge in [0.25, 0.3) is 0 Å². The number of ether oxygens (including phenoxy) is 1. The Kier molecular flexibility index (Phi) is 21.1. The van der Waals surface area contributed by atoms with Gasteiger partial charge in [-0.2, -0.15) is 0 Å². The van der Waals surface area contributed by atoms with Gasteiger partial charge in [-0.25, -0.2) is 4.79 Å². The molecule has 454 valence electrons. The number of fused-ring (bicyclic) bond motifs is 8. The highest BCUT2D eigenvalue weighted by molar-refractivity contribution is 6.02. The summed E-state index contributed by atoms with van der Waals surface area (Å²) in [4.78, 5) is 20.9. The fourth-order valence-corrected chi connectivity index (χ4v) is 12.0. The maximum atomic E-state index is 12.0. The molecule has 2 aliphatic heterocycles. The number of carboxylic acids is 1. The molecule has 0 aliphatic carbocycles. The van der Waals surface area contributed by atoms with Gasteiger partial charge in [0.15, 0.2) is 0 Å². The van der Waals surface area contributed by atoms with Crippen LogP contribution >= 0.6 is 0 Å². The van der Waals surface area contributed by atoms with Gasteiger partial charge in [0, 0.05) is 39.6 Å². The molecule has 0 spiro atoms. The predicted octanol–water partition coefficient (Wildman–Crippen LogP) is 20.0. The molecule has 15 rings (SSSR count). The van der Waals surface area contributed by atoms with E-state index < -0.39 is 5.97 Å². The Bertz CT molecular complexity index is 4750. The predicted molar refractivity (Wildman–Crippen MR) is 382 cm³/mol. The average molecular weight is 1190 g/mol. The molecule has 12 aromatic carbocycles. The minimum Gasteiger partial charge on any atom is -0.872 e.